The van der Waals surface area contributed by atoms with Crippen LogP contribution in [0.2, 0.25) is 0 Å². The summed E-state index contributed by atoms with van der Waals surface area (Å²) in [7, 11) is 1.61. The molecule has 0 aliphatic carbocycles. The molecule has 4 heteroatoms. The first-order valence-electron chi connectivity index (χ1n) is 4.37. The van der Waals surface area contributed by atoms with Gasteiger partial charge in [0.15, 0.2) is 5.78 Å². The molecule has 0 unspecified atom stereocenters. The van der Waals surface area contributed by atoms with Gasteiger partial charge in [-0.15, -0.1) is 0 Å². The molecule has 0 bridgehead atoms. The van der Waals surface area contributed by atoms with Gasteiger partial charge in [-0.05, 0) is 6.07 Å². The van der Waals surface area contributed by atoms with E-state index in [2.05, 4.69) is 0 Å². The van der Waals surface area contributed by atoms with Gasteiger partial charge in [0, 0.05) is 24.7 Å². The highest BCUT2D eigenvalue weighted by atomic mass is 16.4. The molecule has 0 radical (unpaired) electrons. The third-order valence-corrected chi connectivity index (χ3v) is 2.03. The summed E-state index contributed by atoms with van der Waals surface area (Å²) in [6.07, 6.45) is 1.55. The molecule has 0 saturated carbocycles. The van der Waals surface area contributed by atoms with Crippen molar-refractivity contribution in [3.8, 4) is 0 Å². The Hall–Kier alpha value is -1.58. The zero-order valence-electron chi connectivity index (χ0n) is 8.44. The Balaban J connectivity index is 3.09. The van der Waals surface area contributed by atoms with Crippen molar-refractivity contribution in [1.82, 2.24) is 4.57 Å². The average molecular weight is 195 g/mol. The molecule has 0 aliphatic heterocycles. The van der Waals surface area contributed by atoms with Gasteiger partial charge in [-0.3, -0.25) is 4.79 Å². The van der Waals surface area contributed by atoms with E-state index >= 15 is 0 Å². The van der Waals surface area contributed by atoms with Crippen LogP contribution in [0, 0.1) is 5.92 Å². The maximum atomic E-state index is 11.5. The van der Waals surface area contributed by atoms with E-state index in [1.54, 1.807) is 27.1 Å². The molecule has 0 atom stereocenters. The van der Waals surface area contributed by atoms with Gasteiger partial charge >= 0.3 is 5.97 Å². The number of ketones is 1. The molecule has 0 aromatic carbocycles. The fourth-order valence-electron chi connectivity index (χ4n) is 1.25. The number of hydrogen-bond donors (Lipinski definition) is 1. The number of rotatable bonds is 3. The number of hydrogen-bond acceptors (Lipinski definition) is 2. The fraction of sp³-hybridized carbons (Fsp3) is 0.400. The molecule has 14 heavy (non-hydrogen) atoms. The summed E-state index contributed by atoms with van der Waals surface area (Å²) in [5.41, 5.74) is 0.592. The smallest absolute Gasteiger partial charge is 0.352 e. The Labute approximate surface area is 82.2 Å². The minimum absolute atomic E-state index is 0.0342. The second-order valence-electron chi connectivity index (χ2n) is 3.55. The lowest BCUT2D eigenvalue weighted by Gasteiger charge is -1.99. The number of aromatic carboxylic acids is 1. The lowest BCUT2D eigenvalue weighted by molar-refractivity contribution is 0.0686. The van der Waals surface area contributed by atoms with Gasteiger partial charge in [-0.1, -0.05) is 13.8 Å². The number of carbonyl (C=O) groups excluding carboxylic acids is 1. The van der Waals surface area contributed by atoms with Crippen molar-refractivity contribution >= 4 is 11.8 Å². The Morgan fingerprint density at radius 1 is 1.43 bits per heavy atom. The molecule has 0 spiro atoms. The van der Waals surface area contributed by atoms with Crippen LogP contribution in [0.15, 0.2) is 12.3 Å². The Morgan fingerprint density at radius 3 is 2.36 bits per heavy atom. The number of Topliss-reactive ketones (excluding diaryl/α,β-unsaturated/α-hetero) is 1. The van der Waals surface area contributed by atoms with Crippen LogP contribution in [0.3, 0.4) is 0 Å². The first-order valence-corrected chi connectivity index (χ1v) is 4.37. The van der Waals surface area contributed by atoms with Crippen molar-refractivity contribution in [3.05, 3.63) is 23.5 Å². The van der Waals surface area contributed by atoms with Crippen LogP contribution in [0.1, 0.15) is 34.7 Å². The number of aryl methyl sites for hydroxylation is 1. The van der Waals surface area contributed by atoms with Crippen LogP contribution in [0.25, 0.3) is 0 Å². The average Bonchev–Trinajstić information content (AvgIpc) is 2.45. The van der Waals surface area contributed by atoms with Crippen molar-refractivity contribution in [1.29, 1.82) is 0 Å². The van der Waals surface area contributed by atoms with E-state index in [-0.39, 0.29) is 17.4 Å². The number of carbonyl (C=O) groups is 2. The topological polar surface area (TPSA) is 59.3 Å². The minimum Gasteiger partial charge on any atom is -0.477 e. The van der Waals surface area contributed by atoms with Crippen molar-refractivity contribution in [3.63, 3.8) is 0 Å². The van der Waals surface area contributed by atoms with Crippen molar-refractivity contribution in [2.24, 2.45) is 13.0 Å². The summed E-state index contributed by atoms with van der Waals surface area (Å²) < 4.78 is 1.44. The molecule has 76 valence electrons. The Kier molecular flexibility index (Phi) is 2.74. The maximum Gasteiger partial charge on any atom is 0.352 e. The monoisotopic (exact) mass is 195 g/mol. The molecule has 0 fully saturated rings. The normalized spacial score (nSPS) is 10.6. The predicted octanol–water partition coefficient (Wildman–Crippen LogP) is 1.56. The largest absolute Gasteiger partial charge is 0.477 e. The van der Waals surface area contributed by atoms with E-state index in [1.165, 1.54) is 10.6 Å². The molecule has 1 N–H and O–H groups in total. The molecule has 4 nitrogen and oxygen atoms in total. The Morgan fingerprint density at radius 2 is 2.00 bits per heavy atom. The summed E-state index contributed by atoms with van der Waals surface area (Å²) in [6, 6.07) is 1.41. The van der Waals surface area contributed by atoms with Gasteiger partial charge in [0.25, 0.3) is 0 Å². The van der Waals surface area contributed by atoms with Crippen LogP contribution in [0.4, 0.5) is 0 Å². The standard InChI is InChI=1S/C10H13NO3/c1-6(2)9(12)7-4-8(10(13)14)11(3)5-7/h4-6H,1-3H3,(H,13,14). The van der Waals surface area contributed by atoms with E-state index in [0.717, 1.165) is 0 Å². The van der Waals surface area contributed by atoms with Gasteiger partial charge in [0.2, 0.25) is 0 Å². The van der Waals surface area contributed by atoms with E-state index in [9.17, 15) is 9.59 Å². The van der Waals surface area contributed by atoms with Crippen LogP contribution < -0.4 is 0 Å². The summed E-state index contributed by atoms with van der Waals surface area (Å²) in [5.74, 6) is -1.16. The van der Waals surface area contributed by atoms with Gasteiger partial charge in [0.1, 0.15) is 5.69 Å². The van der Waals surface area contributed by atoms with Crippen LogP contribution >= 0.6 is 0 Å². The molecular formula is C10H13NO3. The second kappa shape index (κ2) is 3.65. The SMILES string of the molecule is CC(C)C(=O)c1cc(C(=O)O)n(C)c1. The fourth-order valence-corrected chi connectivity index (χ4v) is 1.25. The highest BCUT2D eigenvalue weighted by Crippen LogP contribution is 2.12. The first-order chi connectivity index (χ1) is 6.43. The van der Waals surface area contributed by atoms with E-state index < -0.39 is 5.97 Å². The molecule has 0 aliphatic rings. The van der Waals surface area contributed by atoms with E-state index in [4.69, 9.17) is 5.11 Å². The zero-order valence-corrected chi connectivity index (χ0v) is 8.44. The maximum absolute atomic E-state index is 11.5. The third-order valence-electron chi connectivity index (χ3n) is 2.03. The van der Waals surface area contributed by atoms with E-state index in [1.807, 2.05) is 0 Å². The molecule has 1 aromatic heterocycles. The molecule has 1 rings (SSSR count). The first kappa shape index (κ1) is 10.5. The summed E-state index contributed by atoms with van der Waals surface area (Å²) >= 11 is 0. The second-order valence-corrected chi connectivity index (χ2v) is 3.55. The minimum atomic E-state index is -1.02. The molecule has 1 aromatic rings. The van der Waals surface area contributed by atoms with Crippen LogP contribution in [-0.2, 0) is 7.05 Å². The van der Waals surface area contributed by atoms with Crippen LogP contribution in [-0.4, -0.2) is 21.4 Å². The lowest BCUT2D eigenvalue weighted by Crippen LogP contribution is -2.05. The number of carboxylic acid groups (broad SMARTS) is 1. The van der Waals surface area contributed by atoms with Gasteiger partial charge in [0.05, 0.1) is 0 Å². The van der Waals surface area contributed by atoms with Crippen LogP contribution in [0.5, 0.6) is 0 Å². The molecule has 0 amide bonds. The molecule has 0 saturated heterocycles. The highest BCUT2D eigenvalue weighted by molar-refractivity contribution is 5.99. The number of carboxylic acids is 1. The molecule has 1 heterocycles. The third kappa shape index (κ3) is 1.84. The molecular weight excluding hydrogens is 182 g/mol. The van der Waals surface area contributed by atoms with E-state index in [0.29, 0.717) is 5.56 Å². The Bertz CT molecular complexity index is 377. The highest BCUT2D eigenvalue weighted by Gasteiger charge is 2.16. The number of aromatic nitrogens is 1. The zero-order chi connectivity index (χ0) is 10.9. The lowest BCUT2D eigenvalue weighted by atomic mass is 10.0. The van der Waals surface area contributed by atoms with Gasteiger partial charge in [-0.2, -0.15) is 0 Å². The van der Waals surface area contributed by atoms with Crippen molar-refractivity contribution in [2.75, 3.05) is 0 Å². The van der Waals surface area contributed by atoms with Gasteiger partial charge < -0.3 is 9.67 Å². The number of nitrogens with zero attached hydrogens (tertiary/aromatic N) is 1. The van der Waals surface area contributed by atoms with Crippen molar-refractivity contribution in [2.45, 2.75) is 13.8 Å². The predicted molar refractivity (Wildman–Crippen MR) is 51.5 cm³/mol. The van der Waals surface area contributed by atoms with Crippen molar-refractivity contribution < 1.29 is 14.7 Å². The quantitative estimate of drug-likeness (QED) is 0.744. The van der Waals surface area contributed by atoms with Gasteiger partial charge in [-0.25, -0.2) is 4.79 Å². The summed E-state index contributed by atoms with van der Waals surface area (Å²) in [5, 5.41) is 8.77. The summed E-state index contributed by atoms with van der Waals surface area (Å²) in [4.78, 5) is 22.2. The summed E-state index contributed by atoms with van der Waals surface area (Å²) in [6.45, 7) is 3.57.